The second-order valence-corrected chi connectivity index (χ2v) is 5.76. The van der Waals surface area contributed by atoms with Gasteiger partial charge in [0.25, 0.3) is 0 Å². The van der Waals surface area contributed by atoms with Crippen molar-refractivity contribution in [2.45, 2.75) is 0 Å². The van der Waals surface area contributed by atoms with Crippen LogP contribution < -0.4 is 15.8 Å². The van der Waals surface area contributed by atoms with Crippen molar-refractivity contribution in [3.8, 4) is 5.75 Å². The van der Waals surface area contributed by atoms with Crippen LogP contribution in [0.5, 0.6) is 5.75 Å². The molecule has 0 atom stereocenters. The third-order valence-electron chi connectivity index (χ3n) is 2.69. The lowest BCUT2D eigenvalue weighted by Crippen LogP contribution is -2.12. The van der Waals surface area contributed by atoms with Crippen molar-refractivity contribution in [3.05, 3.63) is 51.5 Å². The first kappa shape index (κ1) is 15.1. The lowest BCUT2D eigenvalue weighted by atomic mass is 10.1. The van der Waals surface area contributed by atoms with Crippen molar-refractivity contribution in [2.75, 3.05) is 12.4 Å². The normalized spacial score (nSPS) is 10.2. The molecular weight excluding hydrogens is 360 g/mol. The Morgan fingerprint density at radius 2 is 2.00 bits per heavy atom. The minimum absolute atomic E-state index is 0.313. The second kappa shape index (κ2) is 6.43. The Kier molecular flexibility index (Phi) is 4.86. The largest absolute Gasteiger partial charge is 0.497 e. The number of halogens is 2. The van der Waals surface area contributed by atoms with Crippen LogP contribution in [0.25, 0.3) is 0 Å². The summed E-state index contributed by atoms with van der Waals surface area (Å²) in [6, 6.07) is 11.0. The third kappa shape index (κ3) is 3.42. The van der Waals surface area contributed by atoms with Crippen LogP contribution in [0.15, 0.2) is 40.9 Å². The molecule has 0 bridgehead atoms. The standard InChI is InChI=1S/C14H12BrClN2OS/c1-19-9-3-4-10(14(17)20)12(7-9)18-13-6-8(16)2-5-11(13)15/h2-7,18H,1H3,(H2,17,20). The van der Waals surface area contributed by atoms with E-state index in [1.807, 2.05) is 30.3 Å². The number of benzene rings is 2. The molecule has 104 valence electrons. The first-order valence-corrected chi connectivity index (χ1v) is 7.29. The molecule has 0 aliphatic heterocycles. The van der Waals surface area contributed by atoms with Gasteiger partial charge in [0.15, 0.2) is 0 Å². The smallest absolute Gasteiger partial charge is 0.120 e. The predicted molar refractivity (Wildman–Crippen MR) is 91.3 cm³/mol. The van der Waals surface area contributed by atoms with Crippen LogP contribution in [0.4, 0.5) is 11.4 Å². The van der Waals surface area contributed by atoms with Gasteiger partial charge in [-0.15, -0.1) is 0 Å². The highest BCUT2D eigenvalue weighted by Crippen LogP contribution is 2.31. The second-order valence-electron chi connectivity index (χ2n) is 4.02. The van der Waals surface area contributed by atoms with E-state index in [1.54, 1.807) is 13.2 Å². The van der Waals surface area contributed by atoms with Gasteiger partial charge in [-0.05, 0) is 46.3 Å². The van der Waals surface area contributed by atoms with Gasteiger partial charge in [0.1, 0.15) is 10.7 Å². The number of methoxy groups -OCH3 is 1. The van der Waals surface area contributed by atoms with Crippen LogP contribution in [0.1, 0.15) is 5.56 Å². The summed E-state index contributed by atoms with van der Waals surface area (Å²) in [5, 5.41) is 3.89. The summed E-state index contributed by atoms with van der Waals surface area (Å²) < 4.78 is 6.11. The summed E-state index contributed by atoms with van der Waals surface area (Å²) in [4.78, 5) is 0.313. The monoisotopic (exact) mass is 370 g/mol. The van der Waals surface area contributed by atoms with Crippen LogP contribution in [-0.2, 0) is 0 Å². The maximum Gasteiger partial charge on any atom is 0.120 e. The van der Waals surface area contributed by atoms with Gasteiger partial charge >= 0.3 is 0 Å². The van der Waals surface area contributed by atoms with E-state index in [0.29, 0.717) is 15.8 Å². The molecule has 0 fully saturated rings. The number of ether oxygens (including phenoxy) is 1. The average molecular weight is 372 g/mol. The maximum atomic E-state index is 6.01. The van der Waals surface area contributed by atoms with Crippen LogP contribution in [0.2, 0.25) is 5.02 Å². The van der Waals surface area contributed by atoms with E-state index < -0.39 is 0 Å². The third-order valence-corrected chi connectivity index (χ3v) is 3.84. The molecule has 20 heavy (non-hydrogen) atoms. The fourth-order valence-electron chi connectivity index (χ4n) is 1.71. The molecule has 2 rings (SSSR count). The van der Waals surface area contributed by atoms with Crippen molar-refractivity contribution in [1.82, 2.24) is 0 Å². The molecular formula is C14H12BrClN2OS. The molecule has 0 amide bonds. The molecule has 0 saturated carbocycles. The van der Waals surface area contributed by atoms with Gasteiger partial charge in [0.2, 0.25) is 0 Å². The van der Waals surface area contributed by atoms with E-state index in [4.69, 9.17) is 34.3 Å². The highest BCUT2D eigenvalue weighted by atomic mass is 79.9. The zero-order chi connectivity index (χ0) is 14.7. The summed E-state index contributed by atoms with van der Waals surface area (Å²) in [6.45, 7) is 0. The summed E-state index contributed by atoms with van der Waals surface area (Å²) in [7, 11) is 1.61. The Hall–Kier alpha value is -1.30. The summed E-state index contributed by atoms with van der Waals surface area (Å²) in [5.41, 5.74) is 8.07. The highest BCUT2D eigenvalue weighted by Gasteiger charge is 2.09. The van der Waals surface area contributed by atoms with Gasteiger partial charge in [-0.3, -0.25) is 0 Å². The summed E-state index contributed by atoms with van der Waals surface area (Å²) >= 11 is 14.5. The Balaban J connectivity index is 2.45. The Morgan fingerprint density at radius 1 is 1.25 bits per heavy atom. The van der Waals surface area contributed by atoms with Gasteiger partial charge in [0, 0.05) is 21.1 Å². The van der Waals surface area contributed by atoms with Gasteiger partial charge in [0.05, 0.1) is 18.5 Å². The molecule has 0 heterocycles. The SMILES string of the molecule is COc1ccc(C(N)=S)c(Nc2cc(Cl)ccc2Br)c1. The van der Waals surface area contributed by atoms with Crippen LogP contribution in [0.3, 0.4) is 0 Å². The molecule has 0 radical (unpaired) electrons. The fraction of sp³-hybridized carbons (Fsp3) is 0.0714. The number of hydrogen-bond donors (Lipinski definition) is 2. The maximum absolute atomic E-state index is 6.01. The van der Waals surface area contributed by atoms with E-state index in [-0.39, 0.29) is 0 Å². The number of hydrogen-bond acceptors (Lipinski definition) is 3. The molecule has 0 saturated heterocycles. The molecule has 2 aromatic rings. The zero-order valence-corrected chi connectivity index (χ0v) is 13.8. The number of anilines is 2. The molecule has 2 aromatic carbocycles. The minimum atomic E-state index is 0.313. The Bertz CT molecular complexity index is 664. The molecule has 0 aromatic heterocycles. The van der Waals surface area contributed by atoms with E-state index >= 15 is 0 Å². The zero-order valence-electron chi connectivity index (χ0n) is 10.6. The molecule has 3 N–H and O–H groups in total. The summed E-state index contributed by atoms with van der Waals surface area (Å²) in [5.74, 6) is 0.714. The van der Waals surface area contributed by atoms with E-state index in [1.165, 1.54) is 0 Å². The average Bonchev–Trinajstić information content (AvgIpc) is 2.42. The van der Waals surface area contributed by atoms with Crippen LogP contribution in [0, 0.1) is 0 Å². The molecule has 6 heteroatoms. The van der Waals surface area contributed by atoms with E-state index in [0.717, 1.165) is 21.4 Å². The Morgan fingerprint density at radius 3 is 2.65 bits per heavy atom. The topological polar surface area (TPSA) is 47.3 Å². The molecule has 0 unspecified atom stereocenters. The number of thiocarbonyl (C=S) groups is 1. The molecule has 3 nitrogen and oxygen atoms in total. The lowest BCUT2D eigenvalue weighted by Gasteiger charge is -2.14. The van der Waals surface area contributed by atoms with Crippen LogP contribution >= 0.6 is 39.7 Å². The number of rotatable bonds is 4. The van der Waals surface area contributed by atoms with Crippen molar-refractivity contribution in [1.29, 1.82) is 0 Å². The minimum Gasteiger partial charge on any atom is -0.497 e. The van der Waals surface area contributed by atoms with Gasteiger partial charge < -0.3 is 15.8 Å². The van der Waals surface area contributed by atoms with Crippen LogP contribution in [-0.4, -0.2) is 12.1 Å². The fourth-order valence-corrected chi connectivity index (χ4v) is 2.40. The summed E-state index contributed by atoms with van der Waals surface area (Å²) in [6.07, 6.45) is 0. The lowest BCUT2D eigenvalue weighted by molar-refractivity contribution is 0.415. The quantitative estimate of drug-likeness (QED) is 0.777. The van der Waals surface area contributed by atoms with Crippen molar-refractivity contribution in [2.24, 2.45) is 5.73 Å². The molecule has 0 spiro atoms. The van der Waals surface area contributed by atoms with Gasteiger partial charge in [-0.25, -0.2) is 0 Å². The first-order valence-electron chi connectivity index (χ1n) is 5.71. The van der Waals surface area contributed by atoms with Crippen molar-refractivity contribution < 1.29 is 4.74 Å². The first-order chi connectivity index (χ1) is 9.51. The molecule has 0 aliphatic rings. The van der Waals surface area contributed by atoms with E-state index in [2.05, 4.69) is 21.2 Å². The number of nitrogens with one attached hydrogen (secondary N) is 1. The number of nitrogens with two attached hydrogens (primary N) is 1. The van der Waals surface area contributed by atoms with E-state index in [9.17, 15) is 0 Å². The predicted octanol–water partition coefficient (Wildman–Crippen LogP) is 4.49. The molecule has 0 aliphatic carbocycles. The Labute approximate surface area is 136 Å². The van der Waals surface area contributed by atoms with Gasteiger partial charge in [-0.2, -0.15) is 0 Å². The van der Waals surface area contributed by atoms with Gasteiger partial charge in [-0.1, -0.05) is 23.8 Å². The van der Waals surface area contributed by atoms with Crippen molar-refractivity contribution in [3.63, 3.8) is 0 Å². The highest BCUT2D eigenvalue weighted by molar-refractivity contribution is 9.10. The van der Waals surface area contributed by atoms with Crippen molar-refractivity contribution >= 4 is 56.1 Å².